The van der Waals surface area contributed by atoms with Gasteiger partial charge in [0.15, 0.2) is 5.17 Å². The van der Waals surface area contributed by atoms with Crippen molar-refractivity contribution in [2.24, 2.45) is 4.99 Å². The lowest BCUT2D eigenvalue weighted by atomic mass is 9.94. The van der Waals surface area contributed by atoms with E-state index in [9.17, 15) is 4.79 Å². The number of aliphatic imine (C=N–C) groups is 1. The molecule has 0 spiro atoms. The number of carbonyl (C=O) groups is 1. The van der Waals surface area contributed by atoms with Gasteiger partial charge in [-0.2, -0.15) is 0 Å². The molecule has 5 heteroatoms. The molecule has 2 heterocycles. The highest BCUT2D eigenvalue weighted by atomic mass is 32.2. The molecule has 2 saturated carbocycles. The van der Waals surface area contributed by atoms with E-state index in [-0.39, 0.29) is 5.91 Å². The molecule has 0 unspecified atom stereocenters. The fourth-order valence-electron chi connectivity index (χ4n) is 6.18. The second-order valence-corrected chi connectivity index (χ2v) is 11.7. The highest BCUT2D eigenvalue weighted by Gasteiger charge is 2.39. The van der Waals surface area contributed by atoms with Crippen LogP contribution < -0.4 is 0 Å². The van der Waals surface area contributed by atoms with Gasteiger partial charge in [-0.25, -0.2) is 0 Å². The number of para-hydroxylation sites is 1. The van der Waals surface area contributed by atoms with Crippen molar-refractivity contribution in [1.82, 2.24) is 9.47 Å². The molecule has 4 nitrogen and oxygen atoms in total. The van der Waals surface area contributed by atoms with E-state index in [4.69, 9.17) is 4.99 Å². The van der Waals surface area contributed by atoms with Crippen molar-refractivity contribution in [3.05, 3.63) is 57.2 Å². The van der Waals surface area contributed by atoms with Crippen LogP contribution in [0.3, 0.4) is 0 Å². The molecule has 3 fully saturated rings. The third-order valence-electron chi connectivity index (χ3n) is 8.06. The summed E-state index contributed by atoms with van der Waals surface area (Å²) in [5, 5.41) is 0.962. The van der Waals surface area contributed by atoms with Gasteiger partial charge in [0.05, 0.1) is 16.6 Å². The number of nitrogens with zero attached hydrogens (tertiary/aromatic N) is 3. The number of hydrogen-bond acceptors (Lipinski definition) is 3. The second kappa shape index (κ2) is 10.4. The molecule has 1 aromatic heterocycles. The van der Waals surface area contributed by atoms with E-state index in [1.165, 1.54) is 66.7 Å². The van der Waals surface area contributed by atoms with Gasteiger partial charge in [0.1, 0.15) is 0 Å². The summed E-state index contributed by atoms with van der Waals surface area (Å²) in [5.74, 6) is 0.160. The Kier molecular flexibility index (Phi) is 7.24. The molecule has 186 valence electrons. The van der Waals surface area contributed by atoms with Gasteiger partial charge in [-0.15, -0.1) is 0 Å². The molecule has 0 atom stereocenters. The Hall–Kier alpha value is -2.27. The maximum atomic E-state index is 13.8. The summed E-state index contributed by atoms with van der Waals surface area (Å²) in [6, 6.07) is 9.37. The van der Waals surface area contributed by atoms with Crippen molar-refractivity contribution in [3.8, 4) is 5.69 Å². The largest absolute Gasteiger partial charge is 0.317 e. The van der Waals surface area contributed by atoms with E-state index < -0.39 is 0 Å². The molecule has 0 N–H and O–H groups in total. The molecule has 0 radical (unpaired) electrons. The van der Waals surface area contributed by atoms with Gasteiger partial charge in [0.25, 0.3) is 5.91 Å². The second-order valence-electron chi connectivity index (χ2n) is 10.7. The molecule has 2 aliphatic carbocycles. The first-order valence-corrected chi connectivity index (χ1v) is 14.3. The van der Waals surface area contributed by atoms with Gasteiger partial charge in [0, 0.05) is 17.4 Å². The number of amidine groups is 1. The fraction of sp³-hybridized carbons (Fsp3) is 0.533. The van der Waals surface area contributed by atoms with Crippen LogP contribution in [0.15, 0.2) is 34.2 Å². The summed E-state index contributed by atoms with van der Waals surface area (Å²) < 4.78 is 2.34. The number of carbonyl (C=O) groups excluding carboxylic acids is 1. The van der Waals surface area contributed by atoms with Crippen molar-refractivity contribution in [2.75, 3.05) is 0 Å². The van der Waals surface area contributed by atoms with Crippen LogP contribution in [0.4, 0.5) is 0 Å². The summed E-state index contributed by atoms with van der Waals surface area (Å²) in [6.45, 7) is 8.68. The molecule has 1 aliphatic heterocycles. The smallest absolute Gasteiger partial charge is 0.267 e. The molecule has 5 rings (SSSR count). The Morgan fingerprint density at radius 2 is 1.54 bits per heavy atom. The maximum Gasteiger partial charge on any atom is 0.267 e. The normalized spacial score (nSPS) is 22.6. The van der Waals surface area contributed by atoms with Crippen LogP contribution in [0.1, 0.15) is 92.3 Å². The molecule has 2 aromatic rings. The van der Waals surface area contributed by atoms with E-state index in [1.807, 2.05) is 0 Å². The van der Waals surface area contributed by atoms with Gasteiger partial charge < -0.3 is 4.57 Å². The number of benzene rings is 1. The van der Waals surface area contributed by atoms with Crippen molar-refractivity contribution < 1.29 is 4.79 Å². The van der Waals surface area contributed by atoms with Crippen LogP contribution in [-0.2, 0) is 4.79 Å². The summed E-state index contributed by atoms with van der Waals surface area (Å²) in [6.07, 6.45) is 14.2. The summed E-state index contributed by atoms with van der Waals surface area (Å²) in [7, 11) is 0. The van der Waals surface area contributed by atoms with E-state index in [2.05, 4.69) is 67.5 Å². The topological polar surface area (TPSA) is 37.6 Å². The van der Waals surface area contributed by atoms with Crippen LogP contribution in [0, 0.1) is 27.7 Å². The highest BCUT2D eigenvalue weighted by molar-refractivity contribution is 8.18. The summed E-state index contributed by atoms with van der Waals surface area (Å²) >= 11 is 1.61. The summed E-state index contributed by atoms with van der Waals surface area (Å²) in [4.78, 5) is 21.9. The molecular weight excluding hydrogens is 450 g/mol. The number of aryl methyl sites for hydroxylation is 3. The lowest BCUT2D eigenvalue weighted by Crippen LogP contribution is -2.41. The molecule has 1 amide bonds. The SMILES string of the molecule is Cc1cccc(C)c1-n1c(C)cc(C=C2SC(=NC3CCCCC3)N(C3CCCCC3)C2=O)c1C. The third-order valence-corrected chi connectivity index (χ3v) is 9.06. The number of amides is 1. The van der Waals surface area contributed by atoms with E-state index in [0.29, 0.717) is 12.1 Å². The number of rotatable bonds is 4. The monoisotopic (exact) mass is 489 g/mol. The maximum absolute atomic E-state index is 13.8. The van der Waals surface area contributed by atoms with Crippen molar-refractivity contribution >= 4 is 28.9 Å². The number of hydrogen-bond donors (Lipinski definition) is 0. The Morgan fingerprint density at radius 3 is 2.20 bits per heavy atom. The van der Waals surface area contributed by atoms with Gasteiger partial charge in [0.2, 0.25) is 0 Å². The minimum Gasteiger partial charge on any atom is -0.317 e. The first-order chi connectivity index (χ1) is 16.9. The molecular formula is C30H39N3OS. The Labute approximate surface area is 214 Å². The van der Waals surface area contributed by atoms with E-state index in [0.717, 1.165) is 41.3 Å². The zero-order valence-electron chi connectivity index (χ0n) is 21.8. The molecule has 35 heavy (non-hydrogen) atoms. The third kappa shape index (κ3) is 4.89. The quantitative estimate of drug-likeness (QED) is 0.414. The highest BCUT2D eigenvalue weighted by Crippen LogP contribution is 2.39. The molecule has 3 aliphatic rings. The van der Waals surface area contributed by atoms with Crippen LogP contribution in [0.25, 0.3) is 11.8 Å². The first kappa shape index (κ1) is 24.4. The van der Waals surface area contributed by atoms with Gasteiger partial charge in [-0.3, -0.25) is 14.7 Å². The Bertz CT molecular complexity index is 1140. The average molecular weight is 490 g/mol. The Balaban J connectivity index is 1.51. The lowest BCUT2D eigenvalue weighted by Gasteiger charge is -2.31. The van der Waals surface area contributed by atoms with Gasteiger partial charge in [-0.1, -0.05) is 56.7 Å². The van der Waals surface area contributed by atoms with Crippen molar-refractivity contribution in [1.29, 1.82) is 0 Å². The zero-order valence-corrected chi connectivity index (χ0v) is 22.6. The van der Waals surface area contributed by atoms with E-state index >= 15 is 0 Å². The zero-order chi connectivity index (χ0) is 24.5. The number of thioether (sulfide) groups is 1. The van der Waals surface area contributed by atoms with Gasteiger partial charge >= 0.3 is 0 Å². The van der Waals surface area contributed by atoms with Crippen molar-refractivity contribution in [2.45, 2.75) is 104 Å². The lowest BCUT2D eigenvalue weighted by molar-refractivity contribution is -0.124. The average Bonchev–Trinajstić information content (AvgIpc) is 3.30. The molecule has 1 aromatic carbocycles. The predicted octanol–water partition coefficient (Wildman–Crippen LogP) is 7.65. The van der Waals surface area contributed by atoms with Crippen LogP contribution in [0.2, 0.25) is 0 Å². The molecule has 1 saturated heterocycles. The summed E-state index contributed by atoms with van der Waals surface area (Å²) in [5.41, 5.74) is 7.29. The minimum atomic E-state index is 0.160. The van der Waals surface area contributed by atoms with Crippen LogP contribution in [0.5, 0.6) is 0 Å². The van der Waals surface area contributed by atoms with Crippen LogP contribution in [-0.4, -0.2) is 32.6 Å². The minimum absolute atomic E-state index is 0.160. The first-order valence-electron chi connectivity index (χ1n) is 13.5. The fourth-order valence-corrected chi connectivity index (χ4v) is 7.28. The number of aromatic nitrogens is 1. The predicted molar refractivity (Wildman–Crippen MR) is 148 cm³/mol. The van der Waals surface area contributed by atoms with E-state index in [1.54, 1.807) is 11.8 Å². The molecule has 0 bridgehead atoms. The van der Waals surface area contributed by atoms with Crippen molar-refractivity contribution in [3.63, 3.8) is 0 Å². The Morgan fingerprint density at radius 1 is 0.914 bits per heavy atom. The standard InChI is InChI=1S/C30H39N3OS/c1-20-12-11-13-21(2)28(20)32-22(3)18-24(23(32)4)19-27-29(34)33(26-16-9-6-10-17-26)30(35-27)31-25-14-7-5-8-15-25/h11-13,18-19,25-26H,5-10,14-17H2,1-4H3. The van der Waals surface area contributed by atoms with Crippen LogP contribution >= 0.6 is 11.8 Å². The van der Waals surface area contributed by atoms with Gasteiger partial charge in [-0.05, 0) is 94.0 Å².